The van der Waals surface area contributed by atoms with E-state index in [9.17, 15) is 9.59 Å². The highest BCUT2D eigenvalue weighted by molar-refractivity contribution is 7.09. The zero-order chi connectivity index (χ0) is 21.1. The van der Waals surface area contributed by atoms with Crippen LogP contribution in [0.1, 0.15) is 32.4 Å². The lowest BCUT2D eigenvalue weighted by Crippen LogP contribution is -2.41. The molecule has 9 nitrogen and oxygen atoms in total. The van der Waals surface area contributed by atoms with Crippen LogP contribution in [-0.2, 0) is 36.0 Å². The van der Waals surface area contributed by atoms with Gasteiger partial charge in [0, 0.05) is 69.4 Å². The van der Waals surface area contributed by atoms with Gasteiger partial charge < -0.3 is 15.0 Å². The minimum absolute atomic E-state index is 0.0356. The van der Waals surface area contributed by atoms with E-state index in [0.29, 0.717) is 38.2 Å². The molecule has 2 aromatic rings. The van der Waals surface area contributed by atoms with Crippen LogP contribution in [0.25, 0.3) is 0 Å². The van der Waals surface area contributed by atoms with Crippen LogP contribution < -0.4 is 5.32 Å². The Labute approximate surface area is 180 Å². The molecule has 1 saturated heterocycles. The number of morpholine rings is 1. The van der Waals surface area contributed by atoms with Crippen LogP contribution in [-0.4, -0.2) is 82.3 Å². The highest BCUT2D eigenvalue weighted by atomic mass is 32.1. The molecule has 162 valence electrons. The monoisotopic (exact) mass is 432 g/mol. The maximum Gasteiger partial charge on any atom is 0.272 e. The van der Waals surface area contributed by atoms with Gasteiger partial charge >= 0.3 is 0 Å². The molecule has 0 aliphatic carbocycles. The molecule has 1 fully saturated rings. The van der Waals surface area contributed by atoms with Crippen molar-refractivity contribution in [2.75, 3.05) is 45.9 Å². The number of amides is 2. The van der Waals surface area contributed by atoms with Crippen LogP contribution in [0.2, 0.25) is 0 Å². The third-order valence-corrected chi connectivity index (χ3v) is 6.45. The van der Waals surface area contributed by atoms with Crippen molar-refractivity contribution in [2.24, 2.45) is 7.05 Å². The Morgan fingerprint density at radius 3 is 2.80 bits per heavy atom. The van der Waals surface area contributed by atoms with Crippen molar-refractivity contribution in [3.63, 3.8) is 0 Å². The second-order valence-corrected chi connectivity index (χ2v) is 8.77. The molecule has 2 aliphatic heterocycles. The first-order valence-corrected chi connectivity index (χ1v) is 11.2. The van der Waals surface area contributed by atoms with E-state index in [1.54, 1.807) is 16.0 Å². The van der Waals surface area contributed by atoms with Crippen LogP contribution in [0, 0.1) is 6.92 Å². The zero-order valence-electron chi connectivity index (χ0n) is 17.5. The van der Waals surface area contributed by atoms with Crippen molar-refractivity contribution >= 4 is 23.2 Å². The van der Waals surface area contributed by atoms with Crippen molar-refractivity contribution in [1.29, 1.82) is 0 Å². The molecule has 4 rings (SSSR count). The Kier molecular flexibility index (Phi) is 6.45. The number of hydrogen-bond acceptors (Lipinski definition) is 7. The Morgan fingerprint density at radius 1 is 1.27 bits per heavy atom. The van der Waals surface area contributed by atoms with Crippen LogP contribution in [0.3, 0.4) is 0 Å². The predicted molar refractivity (Wildman–Crippen MR) is 112 cm³/mol. The summed E-state index contributed by atoms with van der Waals surface area (Å²) in [4.78, 5) is 34.0. The molecule has 4 heterocycles. The number of fused-ring (bicyclic) bond motifs is 1. The molecule has 0 unspecified atom stereocenters. The van der Waals surface area contributed by atoms with E-state index in [1.165, 1.54) is 0 Å². The number of aryl methyl sites for hydroxylation is 2. The number of nitrogens with one attached hydrogen (secondary N) is 1. The van der Waals surface area contributed by atoms with Crippen molar-refractivity contribution in [2.45, 2.75) is 26.3 Å². The van der Waals surface area contributed by atoms with Gasteiger partial charge in [-0.1, -0.05) is 0 Å². The Balaban J connectivity index is 1.38. The Hall–Kier alpha value is -2.30. The van der Waals surface area contributed by atoms with E-state index >= 15 is 0 Å². The summed E-state index contributed by atoms with van der Waals surface area (Å²) in [5.74, 6) is -0.141. The second kappa shape index (κ2) is 9.23. The van der Waals surface area contributed by atoms with Gasteiger partial charge in [-0.05, 0) is 6.92 Å². The van der Waals surface area contributed by atoms with Crippen LogP contribution in [0.4, 0.5) is 0 Å². The number of nitrogens with zero attached hydrogens (tertiary/aromatic N) is 5. The summed E-state index contributed by atoms with van der Waals surface area (Å²) < 4.78 is 7.13. The molecule has 0 bridgehead atoms. The SMILES string of the molecule is Cc1nc(CC(=O)N2CCc3c(c(C(=O)NCCN4CCOCC4)nn3C)C2)cs1. The standard InChI is InChI=1S/C20H28N6O3S/c1-14-22-15(13-30-14)11-18(27)26-5-3-17-16(12-26)19(23-24(17)2)20(28)21-4-6-25-7-9-29-10-8-25/h13H,3-12H2,1-2H3,(H,21,28). The molecule has 0 atom stereocenters. The van der Waals surface area contributed by atoms with E-state index in [-0.39, 0.29) is 11.8 Å². The number of rotatable bonds is 6. The fourth-order valence-electron chi connectivity index (χ4n) is 3.98. The summed E-state index contributed by atoms with van der Waals surface area (Å²) in [5, 5.41) is 10.3. The third-order valence-electron chi connectivity index (χ3n) is 5.63. The Morgan fingerprint density at radius 2 is 2.07 bits per heavy atom. The molecule has 2 aliphatic rings. The molecular formula is C20H28N6O3S. The van der Waals surface area contributed by atoms with Crippen molar-refractivity contribution in [1.82, 2.24) is 29.9 Å². The van der Waals surface area contributed by atoms with E-state index in [4.69, 9.17) is 4.74 Å². The second-order valence-electron chi connectivity index (χ2n) is 7.71. The van der Waals surface area contributed by atoms with Crippen LogP contribution in [0.15, 0.2) is 5.38 Å². The lowest BCUT2D eigenvalue weighted by Gasteiger charge is -2.27. The third kappa shape index (κ3) is 4.71. The molecule has 10 heteroatoms. The number of carbonyl (C=O) groups is 2. The van der Waals surface area contributed by atoms with Gasteiger partial charge in [-0.2, -0.15) is 5.10 Å². The lowest BCUT2D eigenvalue weighted by molar-refractivity contribution is -0.131. The number of thiazole rings is 1. The van der Waals surface area contributed by atoms with Gasteiger partial charge in [-0.25, -0.2) is 4.98 Å². The lowest BCUT2D eigenvalue weighted by atomic mass is 10.0. The average Bonchev–Trinajstić information content (AvgIpc) is 3.31. The smallest absolute Gasteiger partial charge is 0.272 e. The van der Waals surface area contributed by atoms with E-state index in [1.807, 2.05) is 24.3 Å². The van der Waals surface area contributed by atoms with Gasteiger partial charge in [-0.15, -0.1) is 11.3 Å². The molecule has 2 amide bonds. The largest absolute Gasteiger partial charge is 0.379 e. The Bertz CT molecular complexity index is 918. The van der Waals surface area contributed by atoms with Gasteiger partial charge in [0.25, 0.3) is 5.91 Å². The fourth-order valence-corrected chi connectivity index (χ4v) is 4.59. The summed E-state index contributed by atoms with van der Waals surface area (Å²) in [6.07, 6.45) is 0.989. The summed E-state index contributed by atoms with van der Waals surface area (Å²) >= 11 is 1.55. The number of aromatic nitrogens is 3. The topological polar surface area (TPSA) is 92.6 Å². The van der Waals surface area contributed by atoms with E-state index in [0.717, 1.165) is 54.8 Å². The van der Waals surface area contributed by atoms with E-state index < -0.39 is 0 Å². The van der Waals surface area contributed by atoms with Gasteiger partial charge in [0.1, 0.15) is 0 Å². The minimum atomic E-state index is -0.176. The van der Waals surface area contributed by atoms with Crippen molar-refractivity contribution in [3.8, 4) is 0 Å². The van der Waals surface area contributed by atoms with Crippen LogP contribution >= 0.6 is 11.3 Å². The average molecular weight is 433 g/mol. The number of ether oxygens (including phenoxy) is 1. The summed E-state index contributed by atoms with van der Waals surface area (Å²) in [5.41, 5.74) is 3.12. The van der Waals surface area contributed by atoms with Gasteiger partial charge in [0.2, 0.25) is 5.91 Å². The molecule has 0 radical (unpaired) electrons. The first kappa shape index (κ1) is 21.0. The van der Waals surface area contributed by atoms with Crippen LogP contribution in [0.5, 0.6) is 0 Å². The molecule has 2 aromatic heterocycles. The zero-order valence-corrected chi connectivity index (χ0v) is 18.3. The maximum absolute atomic E-state index is 12.8. The fraction of sp³-hybridized carbons (Fsp3) is 0.600. The summed E-state index contributed by atoms with van der Waals surface area (Å²) in [7, 11) is 1.86. The molecule has 0 aromatic carbocycles. The highest BCUT2D eigenvalue weighted by Gasteiger charge is 2.29. The first-order chi connectivity index (χ1) is 14.5. The maximum atomic E-state index is 12.8. The van der Waals surface area contributed by atoms with Gasteiger partial charge in [0.15, 0.2) is 5.69 Å². The number of hydrogen-bond donors (Lipinski definition) is 1. The quantitative estimate of drug-likeness (QED) is 0.709. The minimum Gasteiger partial charge on any atom is -0.379 e. The highest BCUT2D eigenvalue weighted by Crippen LogP contribution is 2.23. The predicted octanol–water partition coefficient (Wildman–Crippen LogP) is 0.374. The van der Waals surface area contributed by atoms with Gasteiger partial charge in [0.05, 0.1) is 30.3 Å². The van der Waals surface area contributed by atoms with Crippen molar-refractivity contribution in [3.05, 3.63) is 33.0 Å². The normalized spacial score (nSPS) is 17.1. The summed E-state index contributed by atoms with van der Waals surface area (Å²) in [6, 6.07) is 0. The van der Waals surface area contributed by atoms with Crippen molar-refractivity contribution < 1.29 is 14.3 Å². The number of carbonyl (C=O) groups excluding carboxylic acids is 2. The molecular weight excluding hydrogens is 404 g/mol. The first-order valence-electron chi connectivity index (χ1n) is 10.3. The molecule has 0 saturated carbocycles. The molecule has 0 spiro atoms. The summed E-state index contributed by atoms with van der Waals surface area (Å²) in [6.45, 7) is 7.61. The van der Waals surface area contributed by atoms with E-state index in [2.05, 4.69) is 20.3 Å². The molecule has 1 N–H and O–H groups in total. The molecule has 30 heavy (non-hydrogen) atoms. The van der Waals surface area contributed by atoms with Gasteiger partial charge in [-0.3, -0.25) is 19.2 Å².